The molecule has 0 aliphatic carbocycles. The molecular formula is C17H21N5O3. The largest absolute Gasteiger partial charge is 0.357 e. The molecule has 0 atom stereocenters. The van der Waals surface area contributed by atoms with Crippen LogP contribution >= 0.6 is 0 Å². The summed E-state index contributed by atoms with van der Waals surface area (Å²) in [5, 5.41) is 13.6. The lowest BCUT2D eigenvalue weighted by atomic mass is 10.1. The van der Waals surface area contributed by atoms with Crippen molar-refractivity contribution in [3.8, 4) is 0 Å². The predicted octanol–water partition coefficient (Wildman–Crippen LogP) is 2.47. The Bertz CT molecular complexity index is 757. The van der Waals surface area contributed by atoms with Crippen LogP contribution in [0.2, 0.25) is 0 Å². The Labute approximate surface area is 146 Å². The van der Waals surface area contributed by atoms with E-state index in [1.54, 1.807) is 13.1 Å². The van der Waals surface area contributed by atoms with Gasteiger partial charge in [0, 0.05) is 31.9 Å². The Kier molecular flexibility index (Phi) is 5.99. The third kappa shape index (κ3) is 4.50. The zero-order chi connectivity index (χ0) is 18.4. The molecule has 0 radical (unpaired) electrons. The van der Waals surface area contributed by atoms with Crippen LogP contribution in [0.1, 0.15) is 35.5 Å². The highest BCUT2D eigenvalue weighted by molar-refractivity contribution is 5.95. The van der Waals surface area contributed by atoms with Gasteiger partial charge in [0.2, 0.25) is 0 Å². The predicted molar refractivity (Wildman–Crippen MR) is 94.6 cm³/mol. The number of aryl methyl sites for hydroxylation is 1. The van der Waals surface area contributed by atoms with Crippen molar-refractivity contribution in [2.75, 3.05) is 18.0 Å². The number of nitrogens with zero attached hydrogens (tertiary/aromatic N) is 4. The third-order valence-corrected chi connectivity index (χ3v) is 3.88. The van der Waals surface area contributed by atoms with Gasteiger partial charge in [0.15, 0.2) is 0 Å². The highest BCUT2D eigenvalue weighted by Gasteiger charge is 2.15. The lowest BCUT2D eigenvalue weighted by molar-refractivity contribution is -0.385. The molecule has 8 heteroatoms. The van der Waals surface area contributed by atoms with Crippen LogP contribution in [0.3, 0.4) is 0 Å². The number of rotatable bonds is 7. The van der Waals surface area contributed by atoms with Gasteiger partial charge in [-0.05, 0) is 32.4 Å². The minimum Gasteiger partial charge on any atom is -0.357 e. The second-order valence-electron chi connectivity index (χ2n) is 5.46. The molecule has 1 N–H and O–H groups in total. The molecule has 132 valence electrons. The van der Waals surface area contributed by atoms with Crippen molar-refractivity contribution in [3.63, 3.8) is 0 Å². The van der Waals surface area contributed by atoms with E-state index in [9.17, 15) is 14.9 Å². The van der Waals surface area contributed by atoms with Gasteiger partial charge >= 0.3 is 0 Å². The minimum atomic E-state index is -0.570. The highest BCUT2D eigenvalue weighted by Crippen LogP contribution is 2.15. The van der Waals surface area contributed by atoms with Crippen LogP contribution in [-0.4, -0.2) is 33.9 Å². The number of aromatic nitrogens is 2. The fourth-order valence-corrected chi connectivity index (χ4v) is 2.39. The number of hydrogen-bond acceptors (Lipinski definition) is 6. The van der Waals surface area contributed by atoms with Gasteiger partial charge in [0.05, 0.1) is 16.2 Å². The Balaban J connectivity index is 2.05. The Morgan fingerprint density at radius 2 is 1.96 bits per heavy atom. The van der Waals surface area contributed by atoms with Gasteiger partial charge in [-0.3, -0.25) is 19.9 Å². The van der Waals surface area contributed by atoms with Gasteiger partial charge in [0.25, 0.3) is 11.6 Å². The van der Waals surface area contributed by atoms with Crippen LogP contribution < -0.4 is 10.2 Å². The van der Waals surface area contributed by atoms with Crippen molar-refractivity contribution in [2.24, 2.45) is 0 Å². The Morgan fingerprint density at radius 1 is 1.24 bits per heavy atom. The van der Waals surface area contributed by atoms with E-state index in [2.05, 4.69) is 34.0 Å². The molecule has 25 heavy (non-hydrogen) atoms. The zero-order valence-electron chi connectivity index (χ0n) is 14.5. The van der Waals surface area contributed by atoms with Crippen LogP contribution in [0.4, 0.5) is 11.5 Å². The molecule has 1 amide bonds. The molecule has 0 spiro atoms. The molecular weight excluding hydrogens is 322 g/mol. The van der Waals surface area contributed by atoms with Crippen molar-refractivity contribution in [2.45, 2.75) is 27.3 Å². The molecule has 0 aliphatic rings. The van der Waals surface area contributed by atoms with Crippen LogP contribution in [-0.2, 0) is 6.54 Å². The summed E-state index contributed by atoms with van der Waals surface area (Å²) in [5.74, 6) is 0.486. The summed E-state index contributed by atoms with van der Waals surface area (Å²) in [6.45, 7) is 7.80. The number of hydrogen-bond donors (Lipinski definition) is 1. The average molecular weight is 343 g/mol. The van der Waals surface area contributed by atoms with Crippen LogP contribution in [0.5, 0.6) is 0 Å². The molecule has 2 aromatic rings. The summed E-state index contributed by atoms with van der Waals surface area (Å²) >= 11 is 0. The number of amides is 1. The molecule has 0 fully saturated rings. The SMILES string of the molecule is CCN(CC)c1ccc(CNC(=O)c2cc([N+](=O)[O-])cnc2C)cn1. The van der Waals surface area contributed by atoms with Crippen LogP contribution in [0.25, 0.3) is 0 Å². The lowest BCUT2D eigenvalue weighted by Gasteiger charge is -2.19. The number of carbonyl (C=O) groups excluding carboxylic acids is 1. The van der Waals surface area contributed by atoms with E-state index in [4.69, 9.17) is 0 Å². The van der Waals surface area contributed by atoms with Crippen molar-refractivity contribution < 1.29 is 9.72 Å². The maximum atomic E-state index is 12.3. The second kappa shape index (κ2) is 8.18. The summed E-state index contributed by atoms with van der Waals surface area (Å²) in [6.07, 6.45) is 2.86. The van der Waals surface area contributed by atoms with Crippen molar-refractivity contribution in [1.82, 2.24) is 15.3 Å². The topological polar surface area (TPSA) is 101 Å². The normalized spacial score (nSPS) is 10.4. The Hall–Kier alpha value is -3.03. The summed E-state index contributed by atoms with van der Waals surface area (Å²) in [4.78, 5) is 33.0. The molecule has 2 heterocycles. The van der Waals surface area contributed by atoms with Gasteiger partial charge < -0.3 is 10.2 Å². The van der Waals surface area contributed by atoms with Crippen LogP contribution in [0.15, 0.2) is 30.6 Å². The highest BCUT2D eigenvalue weighted by atomic mass is 16.6. The van der Waals surface area contributed by atoms with E-state index in [0.717, 1.165) is 30.7 Å². The molecule has 0 unspecified atom stereocenters. The van der Waals surface area contributed by atoms with E-state index in [1.165, 1.54) is 6.07 Å². The van der Waals surface area contributed by atoms with Crippen molar-refractivity contribution in [1.29, 1.82) is 0 Å². The quantitative estimate of drug-likeness (QED) is 0.612. The fourth-order valence-electron chi connectivity index (χ4n) is 2.39. The number of nitrogens with one attached hydrogen (secondary N) is 1. The van der Waals surface area contributed by atoms with Crippen molar-refractivity contribution >= 4 is 17.4 Å². The van der Waals surface area contributed by atoms with Gasteiger partial charge in [0.1, 0.15) is 12.0 Å². The first-order valence-electron chi connectivity index (χ1n) is 8.05. The zero-order valence-corrected chi connectivity index (χ0v) is 14.5. The Morgan fingerprint density at radius 3 is 2.52 bits per heavy atom. The van der Waals surface area contributed by atoms with E-state index in [0.29, 0.717) is 5.69 Å². The average Bonchev–Trinajstić information content (AvgIpc) is 2.62. The summed E-state index contributed by atoms with van der Waals surface area (Å²) < 4.78 is 0. The first-order valence-corrected chi connectivity index (χ1v) is 8.05. The molecule has 0 aliphatic heterocycles. The number of anilines is 1. The third-order valence-electron chi connectivity index (χ3n) is 3.88. The van der Waals surface area contributed by atoms with E-state index < -0.39 is 10.8 Å². The molecule has 2 aromatic heterocycles. The second-order valence-corrected chi connectivity index (χ2v) is 5.46. The summed E-state index contributed by atoms with van der Waals surface area (Å²) in [5.41, 5.74) is 1.28. The minimum absolute atomic E-state index is 0.196. The monoisotopic (exact) mass is 343 g/mol. The van der Waals surface area contributed by atoms with Crippen LogP contribution in [0, 0.1) is 17.0 Å². The van der Waals surface area contributed by atoms with Gasteiger partial charge in [-0.1, -0.05) is 6.07 Å². The number of nitro groups is 1. The molecule has 2 rings (SSSR count). The summed E-state index contributed by atoms with van der Waals surface area (Å²) in [7, 11) is 0. The van der Waals surface area contributed by atoms with Gasteiger partial charge in [-0.25, -0.2) is 4.98 Å². The smallest absolute Gasteiger partial charge is 0.288 e. The molecule has 0 saturated heterocycles. The first-order chi connectivity index (χ1) is 12.0. The molecule has 8 nitrogen and oxygen atoms in total. The maximum Gasteiger partial charge on any atom is 0.288 e. The summed E-state index contributed by atoms with van der Waals surface area (Å²) in [6, 6.07) is 5.05. The van der Waals surface area contributed by atoms with Crippen molar-refractivity contribution in [3.05, 3.63) is 57.5 Å². The maximum absolute atomic E-state index is 12.3. The van der Waals surface area contributed by atoms with Gasteiger partial charge in [-0.15, -0.1) is 0 Å². The van der Waals surface area contributed by atoms with Gasteiger partial charge in [-0.2, -0.15) is 0 Å². The fraction of sp³-hybridized carbons (Fsp3) is 0.353. The van der Waals surface area contributed by atoms with E-state index in [-0.39, 0.29) is 17.8 Å². The standard InChI is InChI=1S/C17H21N5O3/c1-4-21(5-2)16-7-6-13(9-19-16)10-20-17(23)15-8-14(22(24)25)11-18-12(15)3/h6-9,11H,4-5,10H2,1-3H3,(H,20,23). The van der Waals surface area contributed by atoms with E-state index in [1.807, 2.05) is 12.1 Å². The number of carbonyl (C=O) groups is 1. The molecule has 0 aromatic carbocycles. The lowest BCUT2D eigenvalue weighted by Crippen LogP contribution is -2.25. The number of pyridine rings is 2. The first kappa shape index (κ1) is 18.3. The molecule has 0 bridgehead atoms. The molecule has 0 saturated carbocycles. The van der Waals surface area contributed by atoms with E-state index >= 15 is 0 Å².